The number of H-pyrrole nitrogens is 1. The van der Waals surface area contributed by atoms with Crippen molar-refractivity contribution in [3.05, 3.63) is 59.9 Å². The molecule has 8 heteroatoms. The Balaban J connectivity index is 0.00000256. The Bertz CT molecular complexity index is 921. The molecular weight excluding hydrogens is 404 g/mol. The van der Waals surface area contributed by atoms with Gasteiger partial charge in [0.15, 0.2) is 0 Å². The summed E-state index contributed by atoms with van der Waals surface area (Å²) in [6.45, 7) is 1.29. The number of methoxy groups -OCH3 is 1. The van der Waals surface area contributed by atoms with E-state index >= 15 is 0 Å². The second-order valence-electron chi connectivity index (χ2n) is 7.23. The van der Waals surface area contributed by atoms with Crippen LogP contribution in [0.1, 0.15) is 30.3 Å². The number of halogens is 1. The average molecular weight is 431 g/mol. The first kappa shape index (κ1) is 21.9. The van der Waals surface area contributed by atoms with Crippen molar-refractivity contribution >= 4 is 29.5 Å². The van der Waals surface area contributed by atoms with Gasteiger partial charge in [0.25, 0.3) is 0 Å². The van der Waals surface area contributed by atoms with Gasteiger partial charge in [-0.25, -0.2) is 9.78 Å². The molecule has 0 bridgehead atoms. The first-order chi connectivity index (χ1) is 14.2. The zero-order valence-electron chi connectivity index (χ0n) is 16.9. The molecule has 0 saturated carbocycles. The van der Waals surface area contributed by atoms with E-state index in [0.29, 0.717) is 13.0 Å². The number of carbonyl (C=O) groups excluding carboxylic acids is 1. The number of nitrogens with one attached hydrogen (secondary N) is 3. The standard InChI is InChI=1S/C22H26N4O3.ClH/c1-28-16-10-8-15(9-11-16)13-20(21-24-18-6-2-3-7-19(18)25-21)26-22(27)23-14-17-5-4-12-29-17;/h2-3,6-11,17,20H,4-5,12-14H2,1H3,(H,24,25)(H2,23,26,27);1H/t17?,20-;/m1./s1. The molecule has 2 atom stereocenters. The molecule has 160 valence electrons. The van der Waals surface area contributed by atoms with Gasteiger partial charge in [-0.3, -0.25) is 0 Å². The number of benzene rings is 2. The summed E-state index contributed by atoms with van der Waals surface area (Å²) in [5.41, 5.74) is 2.91. The molecule has 4 rings (SSSR count). The maximum atomic E-state index is 12.5. The number of aromatic nitrogens is 2. The topological polar surface area (TPSA) is 88.3 Å². The summed E-state index contributed by atoms with van der Waals surface area (Å²) in [6, 6.07) is 15.2. The van der Waals surface area contributed by atoms with Crippen LogP contribution in [-0.4, -0.2) is 42.4 Å². The molecule has 0 spiro atoms. The number of ether oxygens (including phenoxy) is 2. The summed E-state index contributed by atoms with van der Waals surface area (Å²) in [6.07, 6.45) is 2.75. The van der Waals surface area contributed by atoms with Crippen molar-refractivity contribution in [1.82, 2.24) is 20.6 Å². The zero-order chi connectivity index (χ0) is 20.1. The van der Waals surface area contributed by atoms with Gasteiger partial charge >= 0.3 is 6.03 Å². The second kappa shape index (κ2) is 10.3. The van der Waals surface area contributed by atoms with Crippen molar-refractivity contribution < 1.29 is 14.3 Å². The first-order valence-corrected chi connectivity index (χ1v) is 9.95. The Morgan fingerprint density at radius 1 is 1.27 bits per heavy atom. The average Bonchev–Trinajstić information content (AvgIpc) is 3.42. The SMILES string of the molecule is COc1ccc(C[C@@H](NC(=O)NCC2CCCO2)c2nc3ccccc3[nH]2)cc1.Cl. The van der Waals surface area contributed by atoms with E-state index in [4.69, 9.17) is 9.47 Å². The van der Waals surface area contributed by atoms with E-state index in [1.165, 1.54) is 0 Å². The lowest BCUT2D eigenvalue weighted by atomic mass is 10.1. The number of imidazole rings is 1. The van der Waals surface area contributed by atoms with Crippen molar-refractivity contribution in [3.8, 4) is 5.75 Å². The van der Waals surface area contributed by atoms with E-state index in [-0.39, 0.29) is 30.6 Å². The van der Waals surface area contributed by atoms with E-state index in [1.807, 2.05) is 48.5 Å². The van der Waals surface area contributed by atoms with E-state index < -0.39 is 0 Å². The van der Waals surface area contributed by atoms with Crippen molar-refractivity contribution in [1.29, 1.82) is 0 Å². The predicted octanol–water partition coefficient (Wildman–Crippen LogP) is 3.76. The van der Waals surface area contributed by atoms with E-state index in [2.05, 4.69) is 20.6 Å². The molecule has 1 aliphatic heterocycles. The molecule has 30 heavy (non-hydrogen) atoms. The van der Waals surface area contributed by atoms with Crippen LogP contribution in [-0.2, 0) is 11.2 Å². The summed E-state index contributed by atoms with van der Waals surface area (Å²) in [5, 5.41) is 5.99. The molecule has 1 unspecified atom stereocenters. The normalized spacial score (nSPS) is 16.6. The Hall–Kier alpha value is -2.77. The highest BCUT2D eigenvalue weighted by molar-refractivity contribution is 5.85. The fourth-order valence-electron chi connectivity index (χ4n) is 3.57. The van der Waals surface area contributed by atoms with Gasteiger partial charge in [0, 0.05) is 13.2 Å². The fraction of sp³-hybridized carbons (Fsp3) is 0.364. The maximum Gasteiger partial charge on any atom is 0.315 e. The summed E-state index contributed by atoms with van der Waals surface area (Å²) in [7, 11) is 1.65. The second-order valence-corrected chi connectivity index (χ2v) is 7.23. The minimum Gasteiger partial charge on any atom is -0.497 e. The van der Waals surface area contributed by atoms with Crippen molar-refractivity contribution in [2.24, 2.45) is 0 Å². The van der Waals surface area contributed by atoms with Crippen LogP contribution in [0.5, 0.6) is 5.75 Å². The molecule has 2 aromatic carbocycles. The number of hydrogen-bond donors (Lipinski definition) is 3. The summed E-state index contributed by atoms with van der Waals surface area (Å²) >= 11 is 0. The van der Waals surface area contributed by atoms with Crippen molar-refractivity contribution in [2.75, 3.05) is 20.3 Å². The minimum atomic E-state index is -0.291. The van der Waals surface area contributed by atoms with Crippen LogP contribution < -0.4 is 15.4 Å². The monoisotopic (exact) mass is 430 g/mol. The molecule has 0 radical (unpaired) electrons. The first-order valence-electron chi connectivity index (χ1n) is 9.95. The highest BCUT2D eigenvalue weighted by Crippen LogP contribution is 2.21. The van der Waals surface area contributed by atoms with Crippen LogP contribution in [0.15, 0.2) is 48.5 Å². The molecule has 1 fully saturated rings. The molecule has 1 aliphatic rings. The van der Waals surface area contributed by atoms with Crippen LogP contribution in [0.3, 0.4) is 0 Å². The summed E-state index contributed by atoms with van der Waals surface area (Å²) < 4.78 is 10.8. The summed E-state index contributed by atoms with van der Waals surface area (Å²) in [5.74, 6) is 1.53. The van der Waals surface area contributed by atoms with Crippen molar-refractivity contribution in [2.45, 2.75) is 31.4 Å². The van der Waals surface area contributed by atoms with Crippen LogP contribution in [0.25, 0.3) is 11.0 Å². The van der Waals surface area contributed by atoms with Gasteiger partial charge in [0.2, 0.25) is 0 Å². The number of para-hydroxylation sites is 2. The minimum absolute atomic E-state index is 0. The van der Waals surface area contributed by atoms with Gasteiger partial charge < -0.3 is 25.1 Å². The van der Waals surface area contributed by atoms with Gasteiger partial charge in [0.1, 0.15) is 11.6 Å². The molecule has 2 amide bonds. The van der Waals surface area contributed by atoms with Gasteiger partial charge in [-0.15, -0.1) is 12.4 Å². The third kappa shape index (κ3) is 5.43. The molecule has 3 N–H and O–H groups in total. The smallest absolute Gasteiger partial charge is 0.315 e. The Labute approximate surface area is 182 Å². The highest BCUT2D eigenvalue weighted by atomic mass is 35.5. The molecule has 1 saturated heterocycles. The highest BCUT2D eigenvalue weighted by Gasteiger charge is 2.21. The van der Waals surface area contributed by atoms with Gasteiger partial charge in [0.05, 0.1) is 30.3 Å². The number of carbonyl (C=O) groups is 1. The van der Waals surface area contributed by atoms with E-state index in [1.54, 1.807) is 7.11 Å². The molecule has 3 aromatic rings. The summed E-state index contributed by atoms with van der Waals surface area (Å²) in [4.78, 5) is 20.6. The number of nitrogens with zero attached hydrogens (tertiary/aromatic N) is 1. The molecule has 2 heterocycles. The van der Waals surface area contributed by atoms with Crippen LogP contribution in [0.4, 0.5) is 4.79 Å². The molecule has 7 nitrogen and oxygen atoms in total. The predicted molar refractivity (Wildman–Crippen MR) is 118 cm³/mol. The lowest BCUT2D eigenvalue weighted by molar-refractivity contribution is 0.111. The third-order valence-corrected chi connectivity index (χ3v) is 5.16. The van der Waals surface area contributed by atoms with Crippen LogP contribution in [0, 0.1) is 0 Å². The lowest BCUT2D eigenvalue weighted by Gasteiger charge is -2.19. The number of urea groups is 1. The lowest BCUT2D eigenvalue weighted by Crippen LogP contribution is -2.42. The van der Waals surface area contributed by atoms with Crippen molar-refractivity contribution in [3.63, 3.8) is 0 Å². The Kier molecular flexibility index (Phi) is 7.54. The quantitative estimate of drug-likeness (QED) is 0.532. The molecular formula is C22H27ClN4O3. The van der Waals surface area contributed by atoms with E-state index in [9.17, 15) is 4.79 Å². The van der Waals surface area contributed by atoms with E-state index in [0.717, 1.165) is 47.6 Å². The number of rotatable bonds is 7. The largest absolute Gasteiger partial charge is 0.497 e. The number of hydrogen-bond acceptors (Lipinski definition) is 4. The molecule has 0 aliphatic carbocycles. The number of amides is 2. The molecule has 1 aromatic heterocycles. The Morgan fingerprint density at radius 2 is 2.07 bits per heavy atom. The van der Waals surface area contributed by atoms with Gasteiger partial charge in [-0.05, 0) is 49.1 Å². The van der Waals surface area contributed by atoms with Crippen LogP contribution in [0.2, 0.25) is 0 Å². The number of fused-ring (bicyclic) bond motifs is 1. The van der Waals surface area contributed by atoms with Crippen LogP contribution >= 0.6 is 12.4 Å². The third-order valence-electron chi connectivity index (χ3n) is 5.16. The van der Waals surface area contributed by atoms with Gasteiger partial charge in [-0.1, -0.05) is 24.3 Å². The Morgan fingerprint density at radius 3 is 2.77 bits per heavy atom. The fourth-order valence-corrected chi connectivity index (χ4v) is 3.57. The number of aromatic amines is 1. The zero-order valence-corrected chi connectivity index (χ0v) is 17.7. The van der Waals surface area contributed by atoms with Gasteiger partial charge in [-0.2, -0.15) is 0 Å². The maximum absolute atomic E-state index is 12.5.